The Balaban J connectivity index is 0.00000324. The molecule has 0 saturated heterocycles. The Morgan fingerprint density at radius 1 is 1.47 bits per heavy atom. The highest BCUT2D eigenvalue weighted by Crippen LogP contribution is 2.17. The van der Waals surface area contributed by atoms with Crippen LogP contribution in [0.1, 0.15) is 22.6 Å². The Bertz CT molecular complexity index is 399. The summed E-state index contributed by atoms with van der Waals surface area (Å²) in [6, 6.07) is 4.06. The fraction of sp³-hybridized carbons (Fsp3) is 0.583. The standard InChI is InChI=1S/C12H18F2N2OS.ClH/c1-9-5-6-10(18-9)3-2-4-11(17)16-8-12(13,14)7-15;/h5-6H,2-4,7-8,15H2,1H3,(H,16,17);1H. The summed E-state index contributed by atoms with van der Waals surface area (Å²) in [5, 5.41) is 2.20. The van der Waals surface area contributed by atoms with Gasteiger partial charge in [-0.05, 0) is 31.9 Å². The third-order valence-electron chi connectivity index (χ3n) is 2.47. The molecular weight excluding hydrogens is 294 g/mol. The van der Waals surface area contributed by atoms with E-state index in [1.807, 2.05) is 19.1 Å². The zero-order valence-corrected chi connectivity index (χ0v) is 12.4. The van der Waals surface area contributed by atoms with Gasteiger partial charge in [-0.15, -0.1) is 23.7 Å². The smallest absolute Gasteiger partial charge is 0.277 e. The third-order valence-corrected chi connectivity index (χ3v) is 3.53. The molecule has 7 heteroatoms. The number of amides is 1. The van der Waals surface area contributed by atoms with Crippen molar-refractivity contribution in [3.8, 4) is 0 Å². The number of hydrogen-bond donors (Lipinski definition) is 2. The monoisotopic (exact) mass is 312 g/mol. The summed E-state index contributed by atoms with van der Waals surface area (Å²) in [5.74, 6) is -3.36. The second kappa shape index (κ2) is 8.45. The van der Waals surface area contributed by atoms with E-state index in [1.54, 1.807) is 11.3 Å². The summed E-state index contributed by atoms with van der Waals surface area (Å²) < 4.78 is 25.5. The molecule has 19 heavy (non-hydrogen) atoms. The van der Waals surface area contributed by atoms with Gasteiger partial charge in [0.05, 0.1) is 13.1 Å². The fourth-order valence-electron chi connectivity index (χ4n) is 1.43. The van der Waals surface area contributed by atoms with E-state index < -0.39 is 19.0 Å². The van der Waals surface area contributed by atoms with Gasteiger partial charge in [-0.25, -0.2) is 8.78 Å². The number of aryl methyl sites for hydroxylation is 2. The van der Waals surface area contributed by atoms with E-state index >= 15 is 0 Å². The van der Waals surface area contributed by atoms with Gasteiger partial charge in [-0.1, -0.05) is 0 Å². The van der Waals surface area contributed by atoms with Crippen LogP contribution >= 0.6 is 23.7 Å². The molecule has 3 N–H and O–H groups in total. The SMILES string of the molecule is Cc1ccc(CCCC(=O)NCC(F)(F)CN)s1.Cl. The van der Waals surface area contributed by atoms with Crippen LogP contribution in [-0.4, -0.2) is 24.9 Å². The van der Waals surface area contributed by atoms with Gasteiger partial charge in [-0.2, -0.15) is 0 Å². The lowest BCUT2D eigenvalue weighted by Crippen LogP contribution is -2.41. The number of alkyl halides is 2. The van der Waals surface area contributed by atoms with Crippen LogP contribution in [0.25, 0.3) is 0 Å². The molecule has 1 aromatic rings. The molecule has 0 spiro atoms. The number of thiophene rings is 1. The molecular formula is C12H19ClF2N2OS. The van der Waals surface area contributed by atoms with E-state index in [2.05, 4.69) is 5.32 Å². The number of carbonyl (C=O) groups excluding carboxylic acids is 1. The number of rotatable bonds is 7. The molecule has 1 amide bonds. The fourth-order valence-corrected chi connectivity index (χ4v) is 2.36. The zero-order valence-electron chi connectivity index (χ0n) is 10.7. The highest BCUT2D eigenvalue weighted by molar-refractivity contribution is 7.11. The summed E-state index contributed by atoms with van der Waals surface area (Å²) in [6.45, 7) is 0.595. The van der Waals surface area contributed by atoms with Crippen LogP contribution in [-0.2, 0) is 11.2 Å². The second-order valence-corrected chi connectivity index (χ2v) is 5.58. The van der Waals surface area contributed by atoms with Crippen LogP contribution in [0.4, 0.5) is 8.78 Å². The zero-order chi connectivity index (χ0) is 13.6. The van der Waals surface area contributed by atoms with E-state index in [4.69, 9.17) is 5.73 Å². The van der Waals surface area contributed by atoms with Crippen LogP contribution < -0.4 is 11.1 Å². The van der Waals surface area contributed by atoms with Gasteiger partial charge in [0.2, 0.25) is 5.91 Å². The highest BCUT2D eigenvalue weighted by Gasteiger charge is 2.26. The van der Waals surface area contributed by atoms with Crippen molar-refractivity contribution in [3.63, 3.8) is 0 Å². The largest absolute Gasteiger partial charge is 0.350 e. The van der Waals surface area contributed by atoms with Crippen LogP contribution in [0.2, 0.25) is 0 Å². The first-order valence-electron chi connectivity index (χ1n) is 5.83. The first-order valence-corrected chi connectivity index (χ1v) is 6.64. The molecule has 0 aliphatic carbocycles. The van der Waals surface area contributed by atoms with Gasteiger partial charge in [0.1, 0.15) is 0 Å². The Kier molecular flexibility index (Phi) is 8.13. The highest BCUT2D eigenvalue weighted by atomic mass is 35.5. The maximum Gasteiger partial charge on any atom is 0.277 e. The van der Waals surface area contributed by atoms with Gasteiger partial charge in [0.15, 0.2) is 0 Å². The minimum atomic E-state index is -3.01. The van der Waals surface area contributed by atoms with Crippen molar-refractivity contribution in [2.45, 2.75) is 32.1 Å². The van der Waals surface area contributed by atoms with Crippen molar-refractivity contribution in [2.24, 2.45) is 5.73 Å². The summed E-state index contributed by atoms with van der Waals surface area (Å²) in [7, 11) is 0. The summed E-state index contributed by atoms with van der Waals surface area (Å²) >= 11 is 1.69. The molecule has 0 saturated carbocycles. The Hall–Kier alpha value is -0.720. The summed E-state index contributed by atoms with van der Waals surface area (Å²) in [4.78, 5) is 13.8. The third kappa shape index (κ3) is 7.44. The molecule has 0 bridgehead atoms. The number of halogens is 3. The molecule has 1 heterocycles. The maximum absolute atomic E-state index is 12.8. The molecule has 0 atom stereocenters. The summed E-state index contributed by atoms with van der Waals surface area (Å²) in [6.07, 6.45) is 1.73. The minimum absolute atomic E-state index is 0. The number of hydrogen-bond acceptors (Lipinski definition) is 3. The van der Waals surface area contributed by atoms with E-state index in [1.165, 1.54) is 9.75 Å². The van der Waals surface area contributed by atoms with Gasteiger partial charge in [0.25, 0.3) is 5.92 Å². The molecule has 110 valence electrons. The van der Waals surface area contributed by atoms with Crippen LogP contribution in [0, 0.1) is 6.92 Å². The lowest BCUT2D eigenvalue weighted by Gasteiger charge is -2.14. The lowest BCUT2D eigenvalue weighted by atomic mass is 10.2. The molecule has 0 fully saturated rings. The average Bonchev–Trinajstić information content (AvgIpc) is 2.73. The van der Waals surface area contributed by atoms with Crippen molar-refractivity contribution in [3.05, 3.63) is 21.9 Å². The van der Waals surface area contributed by atoms with E-state index in [-0.39, 0.29) is 24.7 Å². The molecule has 3 nitrogen and oxygen atoms in total. The normalized spacial score (nSPS) is 10.9. The van der Waals surface area contributed by atoms with Crippen LogP contribution in [0.3, 0.4) is 0 Å². The minimum Gasteiger partial charge on any atom is -0.350 e. The average molecular weight is 313 g/mol. The molecule has 0 aliphatic heterocycles. The van der Waals surface area contributed by atoms with Gasteiger partial charge in [0, 0.05) is 16.2 Å². The van der Waals surface area contributed by atoms with Crippen molar-refractivity contribution in [1.82, 2.24) is 5.32 Å². The first kappa shape index (κ1) is 18.3. The predicted molar refractivity (Wildman–Crippen MR) is 76.3 cm³/mol. The Morgan fingerprint density at radius 2 is 2.16 bits per heavy atom. The van der Waals surface area contributed by atoms with Crippen molar-refractivity contribution in [2.75, 3.05) is 13.1 Å². The van der Waals surface area contributed by atoms with Crippen molar-refractivity contribution < 1.29 is 13.6 Å². The molecule has 0 aliphatic rings. The molecule has 0 aromatic carbocycles. The van der Waals surface area contributed by atoms with Crippen LogP contribution in [0.5, 0.6) is 0 Å². The topological polar surface area (TPSA) is 55.1 Å². The van der Waals surface area contributed by atoms with Gasteiger partial charge >= 0.3 is 0 Å². The van der Waals surface area contributed by atoms with E-state index in [0.29, 0.717) is 6.42 Å². The lowest BCUT2D eigenvalue weighted by molar-refractivity contribution is -0.122. The molecule has 1 aromatic heterocycles. The van der Waals surface area contributed by atoms with E-state index in [9.17, 15) is 13.6 Å². The Labute approximate surface area is 122 Å². The Morgan fingerprint density at radius 3 is 2.68 bits per heavy atom. The molecule has 0 radical (unpaired) electrons. The quantitative estimate of drug-likeness (QED) is 0.813. The van der Waals surface area contributed by atoms with Gasteiger partial charge in [-0.3, -0.25) is 4.79 Å². The number of nitrogens with two attached hydrogens (primary N) is 1. The maximum atomic E-state index is 12.8. The number of nitrogens with one attached hydrogen (secondary N) is 1. The number of carbonyl (C=O) groups is 1. The molecule has 0 unspecified atom stereocenters. The molecule has 1 rings (SSSR count). The van der Waals surface area contributed by atoms with Crippen molar-refractivity contribution >= 4 is 29.7 Å². The van der Waals surface area contributed by atoms with Crippen LogP contribution in [0.15, 0.2) is 12.1 Å². The second-order valence-electron chi connectivity index (χ2n) is 4.20. The first-order chi connectivity index (χ1) is 8.43. The van der Waals surface area contributed by atoms with Gasteiger partial charge < -0.3 is 11.1 Å². The predicted octanol–water partition coefficient (Wildman–Crippen LogP) is 2.51. The van der Waals surface area contributed by atoms with Crippen molar-refractivity contribution in [1.29, 1.82) is 0 Å². The summed E-state index contributed by atoms with van der Waals surface area (Å²) in [5.41, 5.74) is 4.87. The van der Waals surface area contributed by atoms with E-state index in [0.717, 1.165) is 6.42 Å².